The minimum absolute atomic E-state index is 0.0000926. The van der Waals surface area contributed by atoms with E-state index in [0.717, 1.165) is 90.3 Å². The van der Waals surface area contributed by atoms with Gasteiger partial charge in [0.05, 0.1) is 80.2 Å². The molecule has 622 valence electrons. The smallest absolute Gasteiger partial charge is 0.223 e. The number of fused-ring (bicyclic) bond motifs is 1. The van der Waals surface area contributed by atoms with E-state index in [1.54, 1.807) is 20.8 Å². The van der Waals surface area contributed by atoms with Crippen LogP contribution in [0.1, 0.15) is 267 Å². The number of hydrogen-bond donors (Lipinski definition) is 15. The summed E-state index contributed by atoms with van der Waals surface area (Å²) in [5, 5.41) is 81.3. The number of nitrogens with one attached hydrogen (secondary N) is 9. The van der Waals surface area contributed by atoms with Crippen LogP contribution in [0.3, 0.4) is 0 Å². The monoisotopic (exact) mass is 1520 g/mol. The Bertz CT molecular complexity index is 2520. The minimum Gasteiger partial charge on any atom is -0.393 e. The fourth-order valence-electron chi connectivity index (χ4n) is 11.1. The first kappa shape index (κ1) is 101. The van der Waals surface area contributed by atoms with Crippen LogP contribution in [0.4, 0.5) is 0 Å². The van der Waals surface area contributed by atoms with E-state index in [1.807, 2.05) is 125 Å². The molecule has 0 aromatic rings. The molecular formula is C81H151N9O17. The first-order chi connectivity index (χ1) is 49.8. The summed E-state index contributed by atoms with van der Waals surface area (Å²) in [7, 11) is 0. The van der Waals surface area contributed by atoms with Crippen molar-refractivity contribution in [3.05, 3.63) is 0 Å². The van der Waals surface area contributed by atoms with Crippen LogP contribution in [0.5, 0.6) is 0 Å². The average molecular weight is 1520 g/mol. The van der Waals surface area contributed by atoms with Crippen molar-refractivity contribution in [2.45, 2.75) is 345 Å². The Hall–Kier alpha value is -5.53. The van der Waals surface area contributed by atoms with Crippen molar-refractivity contribution in [1.29, 1.82) is 0 Å². The second-order valence-electron chi connectivity index (χ2n) is 33.6. The Morgan fingerprint density at radius 1 is 0.421 bits per heavy atom. The Morgan fingerprint density at radius 2 is 0.804 bits per heavy atom. The number of aliphatic hydroxyl groups excluding tert-OH is 5. The third-order valence-corrected chi connectivity index (χ3v) is 19.2. The molecule has 9 amide bonds. The van der Waals surface area contributed by atoms with Gasteiger partial charge in [0.25, 0.3) is 0 Å². The number of amides is 9. The van der Waals surface area contributed by atoms with Crippen LogP contribution in [0.2, 0.25) is 0 Å². The van der Waals surface area contributed by atoms with Crippen LogP contribution in [0, 0.1) is 77.4 Å². The van der Waals surface area contributed by atoms with Crippen LogP contribution in [-0.2, 0) is 52.6 Å². The van der Waals surface area contributed by atoms with Gasteiger partial charge in [-0.2, -0.15) is 0 Å². The van der Waals surface area contributed by atoms with Crippen molar-refractivity contribution < 1.29 is 83.3 Å². The predicted molar refractivity (Wildman–Crippen MR) is 419 cm³/mol. The van der Waals surface area contributed by atoms with Gasteiger partial charge in [0.15, 0.2) is 0 Å². The number of terminal acetylenes is 1. The van der Waals surface area contributed by atoms with Crippen LogP contribution >= 0.6 is 0 Å². The molecule has 26 heteroatoms. The zero-order chi connectivity index (χ0) is 82.1. The second kappa shape index (κ2) is 53.4. The highest BCUT2D eigenvalue weighted by molar-refractivity contribution is 5.81. The fraction of sp³-hybridized carbons (Fsp3) is 0.864. The maximum Gasteiger partial charge on any atom is 0.223 e. The molecule has 107 heavy (non-hydrogen) atoms. The van der Waals surface area contributed by atoms with Crippen molar-refractivity contribution in [3.8, 4) is 12.3 Å². The van der Waals surface area contributed by atoms with Crippen molar-refractivity contribution >= 4 is 53.2 Å². The lowest BCUT2D eigenvalue weighted by Crippen LogP contribution is -2.44. The molecule has 26 nitrogen and oxygen atoms in total. The number of ether oxygens (including phenoxy) is 2. The third-order valence-electron chi connectivity index (χ3n) is 19.2. The molecule has 11 atom stereocenters. The predicted octanol–water partition coefficient (Wildman–Crippen LogP) is 6.79. The summed E-state index contributed by atoms with van der Waals surface area (Å²) in [6.45, 7) is 42.6. The van der Waals surface area contributed by atoms with Crippen molar-refractivity contribution in [2.75, 3.05) is 39.5 Å². The highest BCUT2D eigenvalue weighted by Gasteiger charge is 2.55. The molecule has 6 saturated carbocycles. The summed E-state index contributed by atoms with van der Waals surface area (Å²) < 4.78 is 10.2. The van der Waals surface area contributed by atoms with Gasteiger partial charge in [-0.1, -0.05) is 150 Å². The quantitative estimate of drug-likeness (QED) is 0.0496. The van der Waals surface area contributed by atoms with Crippen LogP contribution < -0.4 is 47.9 Å². The highest BCUT2D eigenvalue weighted by Crippen LogP contribution is 2.44. The van der Waals surface area contributed by atoms with Gasteiger partial charge in [-0.05, 0) is 124 Å². The molecule has 6 aliphatic carbocycles. The highest BCUT2D eigenvalue weighted by atomic mass is 16.5. The van der Waals surface area contributed by atoms with Crippen LogP contribution in [0.25, 0.3) is 0 Å². The Morgan fingerprint density at radius 3 is 1.19 bits per heavy atom. The summed E-state index contributed by atoms with van der Waals surface area (Å²) in [5.74, 6) is 4.77. The largest absolute Gasteiger partial charge is 0.393 e. The SMILES string of the molecule is C#CC(C)(C)NC(=O)C(C)C.CC(C)C(=O)NC1C2COCC21.CC(C)C(=O)NC1CCC(O)C1.CC(C)C(=O)NC1CCCC(O)C1.CC(C)C(=O)NC1CCCC1O.CC(C)C(=O)NC1CCCCC1.CC(C)C(=O)NC1COCC1O.CC(C)C(=O)NCCC1(O)CC1.CC(O)CCNC(=O)C(C)C. The summed E-state index contributed by atoms with van der Waals surface area (Å²) in [6, 6.07) is 1.07. The first-order valence-electron chi connectivity index (χ1n) is 40.2. The second-order valence-corrected chi connectivity index (χ2v) is 33.6. The first-order valence-corrected chi connectivity index (χ1v) is 40.2. The van der Waals surface area contributed by atoms with Gasteiger partial charge in [0.2, 0.25) is 53.2 Å². The molecule has 0 aromatic carbocycles. The molecule has 15 N–H and O–H groups in total. The lowest BCUT2D eigenvalue weighted by Gasteiger charge is -2.27. The van der Waals surface area contributed by atoms with Crippen LogP contribution in [-0.4, -0.2) is 201 Å². The summed E-state index contributed by atoms with van der Waals surface area (Å²) in [6.07, 6.45) is 21.8. The van der Waals surface area contributed by atoms with E-state index in [4.69, 9.17) is 21.0 Å². The van der Waals surface area contributed by atoms with Gasteiger partial charge >= 0.3 is 0 Å². The zero-order valence-electron chi connectivity index (χ0n) is 69.6. The van der Waals surface area contributed by atoms with Gasteiger partial charge in [0.1, 0.15) is 0 Å². The fourth-order valence-corrected chi connectivity index (χ4v) is 11.1. The van der Waals surface area contributed by atoms with Crippen molar-refractivity contribution in [3.63, 3.8) is 0 Å². The van der Waals surface area contributed by atoms with E-state index in [0.29, 0.717) is 63.1 Å². The Kier molecular flexibility index (Phi) is 50.6. The third kappa shape index (κ3) is 47.3. The Labute approximate surface area is 643 Å². The number of rotatable bonds is 22. The maximum atomic E-state index is 11.3. The number of aliphatic hydroxyl groups is 6. The molecule has 2 saturated heterocycles. The van der Waals surface area contributed by atoms with Gasteiger partial charge in [-0.15, -0.1) is 6.42 Å². The number of carbonyl (C=O) groups is 9. The molecule has 0 spiro atoms. The number of hydrogen-bond acceptors (Lipinski definition) is 17. The van der Waals surface area contributed by atoms with Crippen molar-refractivity contribution in [1.82, 2.24) is 47.9 Å². The molecule has 0 bridgehead atoms. The lowest BCUT2D eigenvalue weighted by molar-refractivity contribution is -0.126. The Balaban J connectivity index is 0.00000118. The van der Waals surface area contributed by atoms with Gasteiger partial charge in [-0.3, -0.25) is 43.2 Å². The summed E-state index contributed by atoms with van der Waals surface area (Å²) >= 11 is 0. The molecule has 0 radical (unpaired) electrons. The summed E-state index contributed by atoms with van der Waals surface area (Å²) in [4.78, 5) is 101. The molecule has 8 fully saturated rings. The number of carbonyl (C=O) groups excluding carboxylic acids is 9. The topological polar surface area (TPSA) is 402 Å². The minimum atomic E-state index is -0.548. The van der Waals surface area contributed by atoms with Gasteiger partial charge in [-0.25, -0.2) is 0 Å². The average Bonchev–Trinajstić information content (AvgIpc) is 1.60. The van der Waals surface area contributed by atoms with E-state index in [-0.39, 0.29) is 155 Å². The van der Waals surface area contributed by atoms with Gasteiger partial charge in [0, 0.05) is 102 Å². The molecule has 0 aromatic heterocycles. The normalized spacial score (nSPS) is 24.5. The maximum absolute atomic E-state index is 11.3. The molecule has 11 unspecified atom stereocenters. The van der Waals surface area contributed by atoms with E-state index in [9.17, 15) is 68.7 Å². The molecule has 2 aliphatic heterocycles. The summed E-state index contributed by atoms with van der Waals surface area (Å²) in [5.41, 5.74) is -0.967. The van der Waals surface area contributed by atoms with E-state index >= 15 is 0 Å². The standard InChI is InChI=1S/C10H19NO2.C10H19NO.C9H15NO2.3C9H17NO2.C9H15NO.C8H15NO3.C8H17NO2/c1-7(2)10(13)11-8-4-3-5-9(12)6-8;1-8(2)10(12)11-9-6-4-3-5-7-9;1-5(2)9(11)10-8-6-3-12-4-7(6)8;1-7(2)8(11)10-6-5-9(12)3-4-9;1-6(2)9(12)10-7-3-4-8(11)5-7;1-6(2)9(12)10-7-4-3-5-8(7)11;1-6-9(4,5)10-8(11)7(2)3;1-5(2)8(11)9-6-3-12-4-7(6)10;1-6(2)8(11)9-5-4-7(3)10/h7-9,12H,3-6H2,1-2H3,(H,11,13);8-9H,3-7H2,1-2H3,(H,11,12);5-8H,3-4H2,1-2H3,(H,10,11);7,12H,3-6H2,1-2H3,(H,10,11);2*6-8,11H,3-5H2,1-2H3,(H,10,12);1,7H,2-5H3,(H,10,11);5-7,10H,3-4H2,1-2H3,(H,9,11);6-7,10H,4-5H2,1-3H3,(H,9,11). The molecule has 2 heterocycles. The van der Waals surface area contributed by atoms with Crippen LogP contribution in [0.15, 0.2) is 0 Å². The molecular weight excluding hydrogens is 1370 g/mol. The lowest BCUT2D eigenvalue weighted by atomic mass is 9.92. The van der Waals surface area contributed by atoms with E-state index < -0.39 is 17.2 Å². The van der Waals surface area contributed by atoms with Gasteiger partial charge < -0.3 is 88.0 Å². The van der Waals surface area contributed by atoms with E-state index in [2.05, 4.69) is 53.8 Å². The zero-order valence-corrected chi connectivity index (χ0v) is 69.6. The van der Waals surface area contributed by atoms with E-state index in [1.165, 1.54) is 32.1 Å². The molecule has 8 rings (SSSR count). The molecule has 8 aliphatic rings. The van der Waals surface area contributed by atoms with Crippen molar-refractivity contribution in [2.24, 2.45) is 65.1 Å².